The van der Waals surface area contributed by atoms with Gasteiger partial charge in [-0.15, -0.1) is 0 Å². The molecule has 1 rings (SSSR count). The zero-order valence-corrected chi connectivity index (χ0v) is 9.90. The molecule has 5 heteroatoms. The van der Waals surface area contributed by atoms with Crippen LogP contribution in [-0.2, 0) is 10.5 Å². The molecule has 15 heavy (non-hydrogen) atoms. The lowest BCUT2D eigenvalue weighted by molar-refractivity contribution is 0.401. The highest BCUT2D eigenvalue weighted by atomic mass is 28.4. The van der Waals surface area contributed by atoms with Gasteiger partial charge in [-0.25, -0.2) is 13.2 Å². The lowest BCUT2D eigenvalue weighted by Crippen LogP contribution is -2.32. The first-order chi connectivity index (χ1) is 6.85. The van der Waals surface area contributed by atoms with Crippen molar-refractivity contribution in [1.29, 1.82) is 0 Å². The minimum absolute atomic E-state index is 0.174. The Balaban J connectivity index is 3.01. The summed E-state index contributed by atoms with van der Waals surface area (Å²) in [5.74, 6) is -2.90. The van der Waals surface area contributed by atoms with E-state index in [0.29, 0.717) is 12.1 Å². The maximum absolute atomic E-state index is 13.3. The van der Waals surface area contributed by atoms with E-state index in [1.165, 1.54) is 0 Å². The Morgan fingerprint density at radius 2 is 1.60 bits per heavy atom. The molecule has 0 amide bonds. The zero-order valence-electron chi connectivity index (χ0n) is 8.90. The van der Waals surface area contributed by atoms with Gasteiger partial charge in [-0.3, -0.25) is 0 Å². The molecule has 0 aliphatic heterocycles. The number of halogens is 3. The average molecular weight is 234 g/mol. The first-order valence-corrected chi connectivity index (χ1v) is 7.66. The molecular formula is C10H13F3OSi. The number of hydrogen-bond donors (Lipinski definition) is 0. The SMILES string of the molecule is CO[Si](C)(C)Cc1cc(F)c(F)cc1F. The number of rotatable bonds is 3. The summed E-state index contributed by atoms with van der Waals surface area (Å²) in [5, 5.41) is 0. The van der Waals surface area contributed by atoms with Crippen LogP contribution in [0.15, 0.2) is 12.1 Å². The molecule has 1 aromatic rings. The first-order valence-electron chi connectivity index (χ1n) is 4.54. The van der Waals surface area contributed by atoms with E-state index in [1.807, 2.05) is 13.1 Å². The molecule has 0 aromatic heterocycles. The molecule has 0 fully saturated rings. The van der Waals surface area contributed by atoms with Gasteiger partial charge < -0.3 is 4.43 Å². The Morgan fingerprint density at radius 1 is 1.07 bits per heavy atom. The van der Waals surface area contributed by atoms with E-state index in [0.717, 1.165) is 6.07 Å². The fourth-order valence-corrected chi connectivity index (χ4v) is 2.56. The molecule has 0 aliphatic rings. The van der Waals surface area contributed by atoms with Crippen molar-refractivity contribution >= 4 is 8.32 Å². The molecule has 0 spiro atoms. The van der Waals surface area contributed by atoms with Gasteiger partial charge in [0.15, 0.2) is 20.0 Å². The molecule has 1 nitrogen and oxygen atoms in total. The van der Waals surface area contributed by atoms with Crippen LogP contribution in [0.5, 0.6) is 0 Å². The summed E-state index contributed by atoms with van der Waals surface area (Å²) in [7, 11) is -0.473. The van der Waals surface area contributed by atoms with E-state index in [2.05, 4.69) is 0 Å². The second-order valence-electron chi connectivity index (χ2n) is 4.00. The summed E-state index contributed by atoms with van der Waals surface area (Å²) in [6.07, 6.45) is 0. The Morgan fingerprint density at radius 3 is 2.13 bits per heavy atom. The van der Waals surface area contributed by atoms with Crippen LogP contribution in [-0.4, -0.2) is 15.4 Å². The third-order valence-corrected chi connectivity index (χ3v) is 4.60. The smallest absolute Gasteiger partial charge is 0.190 e. The predicted octanol–water partition coefficient (Wildman–Crippen LogP) is 3.04. The van der Waals surface area contributed by atoms with Crippen LogP contribution in [0.2, 0.25) is 13.1 Å². The van der Waals surface area contributed by atoms with Crippen LogP contribution in [0.1, 0.15) is 5.56 Å². The van der Waals surface area contributed by atoms with Crippen molar-refractivity contribution in [2.24, 2.45) is 0 Å². The fraction of sp³-hybridized carbons (Fsp3) is 0.400. The highest BCUT2D eigenvalue weighted by molar-refractivity contribution is 6.70. The normalized spacial score (nSPS) is 11.9. The van der Waals surface area contributed by atoms with Crippen LogP contribution >= 0.6 is 0 Å². The van der Waals surface area contributed by atoms with Gasteiger partial charge in [0.2, 0.25) is 0 Å². The Kier molecular flexibility index (Phi) is 3.57. The Bertz CT molecular complexity index is 366. The van der Waals surface area contributed by atoms with Crippen molar-refractivity contribution in [1.82, 2.24) is 0 Å². The molecule has 0 saturated heterocycles. The Labute approximate surface area is 88.0 Å². The van der Waals surface area contributed by atoms with Crippen LogP contribution in [0.4, 0.5) is 13.2 Å². The summed E-state index contributed by atoms with van der Waals surface area (Å²) in [6, 6.07) is 1.80. The molecular weight excluding hydrogens is 221 g/mol. The van der Waals surface area contributed by atoms with Crippen LogP contribution in [0.3, 0.4) is 0 Å². The van der Waals surface area contributed by atoms with Gasteiger partial charge in [-0.1, -0.05) is 0 Å². The maximum atomic E-state index is 13.3. The van der Waals surface area contributed by atoms with Gasteiger partial charge in [0.25, 0.3) is 0 Å². The van der Waals surface area contributed by atoms with E-state index >= 15 is 0 Å². The summed E-state index contributed by atoms with van der Waals surface area (Å²) < 4.78 is 44.0. The van der Waals surface area contributed by atoms with Crippen molar-refractivity contribution in [3.05, 3.63) is 35.1 Å². The van der Waals surface area contributed by atoms with Gasteiger partial charge in [0.1, 0.15) is 5.82 Å². The van der Waals surface area contributed by atoms with E-state index in [9.17, 15) is 13.2 Å². The third kappa shape index (κ3) is 3.07. The average Bonchev–Trinajstić information content (AvgIpc) is 2.14. The minimum atomic E-state index is -2.02. The summed E-state index contributed by atoms with van der Waals surface area (Å²) in [6.45, 7) is 3.77. The minimum Gasteiger partial charge on any atom is -0.420 e. The van der Waals surface area contributed by atoms with Crippen molar-refractivity contribution in [3.63, 3.8) is 0 Å². The van der Waals surface area contributed by atoms with Crippen LogP contribution < -0.4 is 0 Å². The molecule has 0 unspecified atom stereocenters. The largest absolute Gasteiger partial charge is 0.420 e. The summed E-state index contributed by atoms with van der Waals surface area (Å²) in [5.41, 5.74) is 0.174. The molecule has 0 N–H and O–H groups in total. The third-order valence-electron chi connectivity index (χ3n) is 2.26. The molecule has 84 valence electrons. The monoisotopic (exact) mass is 234 g/mol. The molecule has 0 bridgehead atoms. The number of hydrogen-bond acceptors (Lipinski definition) is 1. The Hall–Kier alpha value is -0.813. The van der Waals surface area contributed by atoms with Crippen molar-refractivity contribution in [2.45, 2.75) is 19.1 Å². The molecule has 0 saturated carbocycles. The molecule has 0 radical (unpaired) electrons. The van der Waals surface area contributed by atoms with E-state index in [1.54, 1.807) is 7.11 Å². The number of benzene rings is 1. The van der Waals surface area contributed by atoms with Gasteiger partial charge in [-0.05, 0) is 30.8 Å². The molecule has 0 aliphatic carbocycles. The van der Waals surface area contributed by atoms with E-state index < -0.39 is 25.8 Å². The van der Waals surface area contributed by atoms with Crippen molar-refractivity contribution in [2.75, 3.05) is 7.11 Å². The highest BCUT2D eigenvalue weighted by Gasteiger charge is 2.24. The van der Waals surface area contributed by atoms with Crippen LogP contribution in [0, 0.1) is 17.5 Å². The van der Waals surface area contributed by atoms with Crippen molar-refractivity contribution in [3.8, 4) is 0 Å². The zero-order chi connectivity index (χ0) is 11.6. The van der Waals surface area contributed by atoms with Gasteiger partial charge >= 0.3 is 0 Å². The summed E-state index contributed by atoms with van der Waals surface area (Å²) >= 11 is 0. The quantitative estimate of drug-likeness (QED) is 0.577. The molecule has 0 atom stereocenters. The van der Waals surface area contributed by atoms with Gasteiger partial charge in [0.05, 0.1) is 0 Å². The standard InChI is InChI=1S/C10H13F3OSi/c1-14-15(2,3)6-7-4-9(12)10(13)5-8(7)11/h4-5H,6H2,1-3H3. The van der Waals surface area contributed by atoms with Gasteiger partial charge in [0, 0.05) is 13.2 Å². The van der Waals surface area contributed by atoms with E-state index in [-0.39, 0.29) is 5.56 Å². The molecule has 1 aromatic carbocycles. The maximum Gasteiger partial charge on any atom is 0.190 e. The lowest BCUT2D eigenvalue weighted by Gasteiger charge is -2.20. The highest BCUT2D eigenvalue weighted by Crippen LogP contribution is 2.18. The second-order valence-corrected chi connectivity index (χ2v) is 8.28. The lowest BCUT2D eigenvalue weighted by atomic mass is 10.2. The van der Waals surface area contributed by atoms with Gasteiger partial charge in [-0.2, -0.15) is 0 Å². The van der Waals surface area contributed by atoms with Crippen LogP contribution in [0.25, 0.3) is 0 Å². The predicted molar refractivity (Wildman–Crippen MR) is 54.5 cm³/mol. The summed E-state index contributed by atoms with van der Waals surface area (Å²) in [4.78, 5) is 0. The molecule has 0 heterocycles. The topological polar surface area (TPSA) is 9.23 Å². The second kappa shape index (κ2) is 4.36. The van der Waals surface area contributed by atoms with E-state index in [4.69, 9.17) is 4.43 Å². The fourth-order valence-electron chi connectivity index (χ4n) is 1.23. The van der Waals surface area contributed by atoms with Crippen molar-refractivity contribution < 1.29 is 17.6 Å². The first kappa shape index (κ1) is 12.3.